The highest BCUT2D eigenvalue weighted by Crippen LogP contribution is 2.16. The molecule has 52 heavy (non-hydrogen) atoms. The van der Waals surface area contributed by atoms with Crippen molar-refractivity contribution in [2.24, 2.45) is 0 Å². The van der Waals surface area contributed by atoms with Gasteiger partial charge in [0.2, 0.25) is 11.6 Å². The van der Waals surface area contributed by atoms with Crippen LogP contribution in [0.15, 0.2) is 72.8 Å². The van der Waals surface area contributed by atoms with Crippen molar-refractivity contribution >= 4 is 46.9 Å². The van der Waals surface area contributed by atoms with Crippen molar-refractivity contribution in [1.29, 1.82) is 0 Å². The highest BCUT2D eigenvalue weighted by atomic mass is 16.6. The molecule has 0 unspecified atom stereocenters. The van der Waals surface area contributed by atoms with Crippen molar-refractivity contribution in [3.05, 3.63) is 95.1 Å². The number of ether oxygens (including phenoxy) is 2. The van der Waals surface area contributed by atoms with E-state index in [-0.39, 0.29) is 24.2 Å². The molecule has 0 atom stereocenters. The number of anilines is 2. The predicted molar refractivity (Wildman–Crippen MR) is 196 cm³/mol. The van der Waals surface area contributed by atoms with Gasteiger partial charge in [0.1, 0.15) is 11.2 Å². The Morgan fingerprint density at radius 1 is 0.538 bits per heavy atom. The Morgan fingerprint density at radius 2 is 0.865 bits per heavy atom. The van der Waals surface area contributed by atoms with E-state index in [1.807, 2.05) is 0 Å². The van der Waals surface area contributed by atoms with Gasteiger partial charge in [-0.15, -0.1) is 0 Å². The Labute approximate surface area is 303 Å². The summed E-state index contributed by atoms with van der Waals surface area (Å²) in [7, 11) is 3.04. The molecule has 0 fully saturated rings. The quantitative estimate of drug-likeness (QED) is 0.163. The highest BCUT2D eigenvalue weighted by Gasteiger charge is 2.18. The van der Waals surface area contributed by atoms with E-state index in [1.165, 1.54) is 36.0 Å². The van der Waals surface area contributed by atoms with Crippen molar-refractivity contribution in [1.82, 2.24) is 9.80 Å². The number of nitrogens with one attached hydrogen (secondary N) is 2. The first-order valence-corrected chi connectivity index (χ1v) is 16.2. The molecule has 0 spiro atoms. The van der Waals surface area contributed by atoms with E-state index in [0.29, 0.717) is 11.4 Å². The molecular formula is C40H42N4O8. The second-order valence-corrected chi connectivity index (χ2v) is 13.7. The van der Waals surface area contributed by atoms with E-state index in [4.69, 9.17) is 9.47 Å². The first-order valence-electron chi connectivity index (χ1n) is 16.2. The third-order valence-corrected chi connectivity index (χ3v) is 6.71. The summed E-state index contributed by atoms with van der Waals surface area (Å²) in [5.41, 5.74) is 1.15. The lowest BCUT2D eigenvalue weighted by Gasteiger charge is -2.20. The van der Waals surface area contributed by atoms with Gasteiger partial charge >= 0.3 is 12.2 Å². The fourth-order valence-corrected chi connectivity index (χ4v) is 4.35. The van der Waals surface area contributed by atoms with Gasteiger partial charge in [-0.05, 0) is 101 Å². The van der Waals surface area contributed by atoms with Crippen LogP contribution in [0.5, 0.6) is 0 Å². The second kappa shape index (κ2) is 17.5. The minimum absolute atomic E-state index is 0.0567. The Kier molecular flexibility index (Phi) is 13.5. The zero-order chi connectivity index (χ0) is 38.6. The normalized spacial score (nSPS) is 10.6. The first-order chi connectivity index (χ1) is 24.3. The van der Waals surface area contributed by atoms with Crippen LogP contribution in [0, 0.1) is 23.7 Å². The summed E-state index contributed by atoms with van der Waals surface area (Å²) < 4.78 is 10.5. The van der Waals surface area contributed by atoms with Crippen molar-refractivity contribution in [3.8, 4) is 23.7 Å². The van der Waals surface area contributed by atoms with E-state index in [0.717, 1.165) is 11.1 Å². The van der Waals surface area contributed by atoms with Crippen LogP contribution in [-0.2, 0) is 32.2 Å². The van der Waals surface area contributed by atoms with E-state index in [2.05, 4.69) is 34.3 Å². The molecule has 0 radical (unpaired) electrons. The molecule has 0 aromatic heterocycles. The largest absolute Gasteiger partial charge is 0.444 e. The number of rotatable bonds is 8. The maximum atomic E-state index is 13.0. The van der Waals surface area contributed by atoms with E-state index in [9.17, 15) is 28.8 Å². The standard InChI is InChI=1S/C40H42N4O8/c1-39(2,3)51-37(49)41-29-17-13-27(14-18-29)25-43(7)35(47)23-21-33(45)31-11-9-10-12-32(31)34(46)22-24-36(48)44(8)26-28-15-19-30(20-16-28)42-38(50)52-40(4,5)6/h9-20H,25-26H2,1-8H3,(H,41,49)(H,42,50). The molecule has 0 bridgehead atoms. The predicted octanol–water partition coefficient (Wildman–Crippen LogP) is 6.07. The van der Waals surface area contributed by atoms with Crippen LogP contribution in [-0.4, -0.2) is 70.7 Å². The number of ketones is 2. The average Bonchev–Trinajstić information content (AvgIpc) is 3.05. The van der Waals surface area contributed by atoms with Crippen LogP contribution in [0.1, 0.15) is 73.4 Å². The van der Waals surface area contributed by atoms with Gasteiger partial charge in [0.05, 0.1) is 0 Å². The average molecular weight is 707 g/mol. The SMILES string of the molecule is CN(Cc1ccc(NC(=O)OC(C)(C)C)cc1)C(=O)C#CC(=O)c1ccccc1C(=O)C#CC(=O)N(C)Cc1ccc(NC(=O)OC(C)(C)C)cc1. The van der Waals surface area contributed by atoms with Gasteiger partial charge in [-0.3, -0.25) is 29.8 Å². The monoisotopic (exact) mass is 706 g/mol. The number of Topliss-reactive ketones (excluding diaryl/α,β-unsaturated/α-hetero) is 2. The smallest absolute Gasteiger partial charge is 0.412 e. The fraction of sp³-hybridized carbons (Fsp3) is 0.300. The van der Waals surface area contributed by atoms with Gasteiger partial charge in [0.15, 0.2) is 0 Å². The molecule has 0 aliphatic rings. The molecule has 12 heteroatoms. The number of carbonyl (C=O) groups excluding carboxylic acids is 6. The van der Waals surface area contributed by atoms with Gasteiger partial charge in [0.25, 0.3) is 11.8 Å². The molecule has 12 nitrogen and oxygen atoms in total. The van der Waals surface area contributed by atoms with Crippen LogP contribution in [0.3, 0.4) is 0 Å². The summed E-state index contributed by atoms with van der Waals surface area (Å²) in [4.78, 5) is 77.9. The number of benzene rings is 3. The lowest BCUT2D eigenvalue weighted by molar-refractivity contribution is -0.125. The van der Waals surface area contributed by atoms with Crippen molar-refractivity contribution in [2.45, 2.75) is 65.8 Å². The lowest BCUT2D eigenvalue weighted by Crippen LogP contribution is -2.27. The van der Waals surface area contributed by atoms with E-state index >= 15 is 0 Å². The lowest BCUT2D eigenvalue weighted by atomic mass is 10.0. The molecule has 4 amide bonds. The summed E-state index contributed by atoms with van der Waals surface area (Å²) in [6.07, 6.45) is -1.17. The van der Waals surface area contributed by atoms with Crippen LogP contribution in [0.25, 0.3) is 0 Å². The molecule has 3 rings (SSSR count). The highest BCUT2D eigenvalue weighted by molar-refractivity contribution is 6.21. The number of hydrogen-bond donors (Lipinski definition) is 2. The number of amides is 4. The summed E-state index contributed by atoms with van der Waals surface area (Å²) in [5, 5.41) is 5.27. The molecule has 2 N–H and O–H groups in total. The molecule has 3 aromatic rings. The van der Waals surface area contributed by atoms with Gasteiger partial charge in [-0.2, -0.15) is 0 Å². The topological polar surface area (TPSA) is 151 Å². The third kappa shape index (κ3) is 13.5. The molecule has 0 saturated carbocycles. The zero-order valence-electron chi connectivity index (χ0n) is 30.5. The van der Waals surface area contributed by atoms with Gasteiger partial charge in [-0.1, -0.05) is 36.4 Å². The summed E-state index contributed by atoms with van der Waals surface area (Å²) in [6.45, 7) is 10.9. The van der Waals surface area contributed by atoms with E-state index in [1.54, 1.807) is 102 Å². The molecular weight excluding hydrogens is 664 g/mol. The summed E-state index contributed by atoms with van der Waals surface area (Å²) >= 11 is 0. The first kappa shape index (κ1) is 40.0. The van der Waals surface area contributed by atoms with Gasteiger partial charge < -0.3 is 19.3 Å². The van der Waals surface area contributed by atoms with Gasteiger partial charge in [-0.25, -0.2) is 9.59 Å². The molecule has 0 saturated heterocycles. The Hall–Kier alpha value is -6.40. The van der Waals surface area contributed by atoms with Crippen LogP contribution < -0.4 is 10.6 Å². The van der Waals surface area contributed by atoms with E-state index < -0.39 is 46.8 Å². The number of hydrogen-bond acceptors (Lipinski definition) is 8. The molecule has 3 aromatic carbocycles. The summed E-state index contributed by atoms with van der Waals surface area (Å²) in [5.74, 6) is 6.43. The molecule has 0 heterocycles. The minimum atomic E-state index is -0.766. The Bertz CT molecular complexity index is 1810. The van der Waals surface area contributed by atoms with Gasteiger partial charge in [0, 0.05) is 61.5 Å². The number of carbonyl (C=O) groups is 6. The summed E-state index contributed by atoms with van der Waals surface area (Å²) in [6, 6.07) is 19.5. The molecule has 0 aliphatic heterocycles. The van der Waals surface area contributed by atoms with Crippen LogP contribution in [0.2, 0.25) is 0 Å². The minimum Gasteiger partial charge on any atom is -0.444 e. The second-order valence-electron chi connectivity index (χ2n) is 13.7. The zero-order valence-corrected chi connectivity index (χ0v) is 30.5. The van der Waals surface area contributed by atoms with Crippen molar-refractivity contribution in [3.63, 3.8) is 0 Å². The Balaban J connectivity index is 1.58. The van der Waals surface area contributed by atoms with Crippen molar-refractivity contribution in [2.75, 3.05) is 24.7 Å². The van der Waals surface area contributed by atoms with Crippen LogP contribution in [0.4, 0.5) is 21.0 Å². The fourth-order valence-electron chi connectivity index (χ4n) is 4.35. The van der Waals surface area contributed by atoms with Crippen LogP contribution >= 0.6 is 0 Å². The maximum Gasteiger partial charge on any atom is 0.412 e. The third-order valence-electron chi connectivity index (χ3n) is 6.71. The Morgan fingerprint density at radius 3 is 1.17 bits per heavy atom. The molecule has 0 aliphatic carbocycles. The van der Waals surface area contributed by atoms with Crippen molar-refractivity contribution < 1.29 is 38.2 Å². The molecule has 270 valence electrons. The maximum absolute atomic E-state index is 13.0. The number of nitrogens with zero attached hydrogens (tertiary/aromatic N) is 2.